The first-order chi connectivity index (χ1) is 8.15. The van der Waals surface area contributed by atoms with E-state index in [1.165, 1.54) is 0 Å². The highest BCUT2D eigenvalue weighted by molar-refractivity contribution is 9.10. The molecule has 1 amide bonds. The number of aryl methyl sites for hydroxylation is 1. The van der Waals surface area contributed by atoms with E-state index in [1.54, 1.807) is 23.1 Å². The number of pyridine rings is 1. The molecule has 2 aromatic rings. The summed E-state index contributed by atoms with van der Waals surface area (Å²) in [6.45, 7) is 2.09. The van der Waals surface area contributed by atoms with Crippen LogP contribution in [0.5, 0.6) is 0 Å². The fourth-order valence-corrected chi connectivity index (χ4v) is 1.57. The van der Waals surface area contributed by atoms with E-state index in [1.807, 2.05) is 19.1 Å². The Morgan fingerprint density at radius 2 is 2.29 bits per heavy atom. The molecule has 0 spiro atoms. The van der Waals surface area contributed by atoms with Gasteiger partial charge in [0, 0.05) is 22.6 Å². The Labute approximate surface area is 107 Å². The first kappa shape index (κ1) is 11.8. The van der Waals surface area contributed by atoms with Gasteiger partial charge in [0.25, 0.3) is 0 Å². The average Bonchev–Trinajstić information content (AvgIpc) is 2.68. The van der Waals surface area contributed by atoms with Crippen LogP contribution in [-0.2, 0) is 11.3 Å². The molecule has 0 saturated heterocycles. The summed E-state index contributed by atoms with van der Waals surface area (Å²) in [5.41, 5.74) is 0.948. The Balaban J connectivity index is 1.98. The lowest BCUT2D eigenvalue weighted by Crippen LogP contribution is -2.20. The Morgan fingerprint density at radius 3 is 2.88 bits per heavy atom. The Morgan fingerprint density at radius 1 is 1.47 bits per heavy atom. The van der Waals surface area contributed by atoms with Crippen molar-refractivity contribution in [1.29, 1.82) is 0 Å². The molecule has 0 bridgehead atoms. The molecular weight excluding hydrogens is 284 g/mol. The highest BCUT2D eigenvalue weighted by atomic mass is 79.9. The lowest BCUT2D eigenvalue weighted by molar-refractivity contribution is -0.117. The van der Waals surface area contributed by atoms with Gasteiger partial charge in [-0.05, 0) is 41.1 Å². The number of nitrogens with zero attached hydrogens (tertiary/aromatic N) is 3. The highest BCUT2D eigenvalue weighted by Gasteiger charge is 2.06. The first-order valence-corrected chi connectivity index (χ1v) is 5.84. The lowest BCUT2D eigenvalue weighted by Gasteiger charge is -2.05. The topological polar surface area (TPSA) is 59.8 Å². The number of hydrogen-bond acceptors (Lipinski definition) is 3. The molecule has 0 radical (unpaired) electrons. The summed E-state index contributed by atoms with van der Waals surface area (Å²) < 4.78 is 2.51. The predicted molar refractivity (Wildman–Crippen MR) is 67.5 cm³/mol. The maximum absolute atomic E-state index is 11.7. The number of hydrogen-bond donors (Lipinski definition) is 1. The smallest absolute Gasteiger partial charge is 0.247 e. The standard InChI is InChI=1S/C11H11BrN4O/c1-8-4-5-14-16(8)7-11(17)15-10-3-2-9(12)6-13-10/h2-6H,7H2,1H3,(H,13,15,17). The summed E-state index contributed by atoms with van der Waals surface area (Å²) >= 11 is 3.28. The van der Waals surface area contributed by atoms with E-state index in [-0.39, 0.29) is 12.5 Å². The molecule has 2 aromatic heterocycles. The van der Waals surface area contributed by atoms with Crippen molar-refractivity contribution in [3.05, 3.63) is 40.8 Å². The largest absolute Gasteiger partial charge is 0.309 e. The zero-order valence-corrected chi connectivity index (χ0v) is 10.8. The number of nitrogens with one attached hydrogen (secondary N) is 1. The van der Waals surface area contributed by atoms with Gasteiger partial charge in [-0.15, -0.1) is 0 Å². The van der Waals surface area contributed by atoms with Gasteiger partial charge in [0.15, 0.2) is 0 Å². The molecule has 88 valence electrons. The van der Waals surface area contributed by atoms with Gasteiger partial charge in [-0.25, -0.2) is 4.98 Å². The monoisotopic (exact) mass is 294 g/mol. The van der Waals surface area contributed by atoms with Crippen molar-refractivity contribution in [2.24, 2.45) is 0 Å². The fraction of sp³-hybridized carbons (Fsp3) is 0.182. The minimum atomic E-state index is -0.147. The molecule has 2 heterocycles. The molecule has 0 atom stereocenters. The summed E-state index contributed by atoms with van der Waals surface area (Å²) in [5, 5.41) is 6.74. The number of halogens is 1. The lowest BCUT2D eigenvalue weighted by atomic mass is 10.4. The van der Waals surface area contributed by atoms with Crippen molar-refractivity contribution in [3.8, 4) is 0 Å². The average molecular weight is 295 g/mol. The van der Waals surface area contributed by atoms with Crippen LogP contribution >= 0.6 is 15.9 Å². The minimum absolute atomic E-state index is 0.147. The molecule has 0 unspecified atom stereocenters. The molecule has 0 saturated carbocycles. The van der Waals surface area contributed by atoms with Gasteiger partial charge in [-0.3, -0.25) is 9.48 Å². The summed E-state index contributed by atoms with van der Waals surface area (Å²) in [6, 6.07) is 5.41. The molecule has 2 rings (SSSR count). The summed E-state index contributed by atoms with van der Waals surface area (Å²) in [4.78, 5) is 15.8. The van der Waals surface area contributed by atoms with E-state index >= 15 is 0 Å². The summed E-state index contributed by atoms with van der Waals surface area (Å²) in [5.74, 6) is 0.384. The maximum atomic E-state index is 11.7. The molecule has 1 N–H and O–H groups in total. The molecule has 0 aliphatic rings. The molecule has 0 fully saturated rings. The van der Waals surface area contributed by atoms with Crippen LogP contribution in [0.2, 0.25) is 0 Å². The van der Waals surface area contributed by atoms with E-state index in [4.69, 9.17) is 0 Å². The number of rotatable bonds is 3. The van der Waals surface area contributed by atoms with E-state index in [0.29, 0.717) is 5.82 Å². The van der Waals surface area contributed by atoms with Crippen molar-refractivity contribution in [2.75, 3.05) is 5.32 Å². The number of carbonyl (C=O) groups is 1. The van der Waals surface area contributed by atoms with Crippen LogP contribution in [0.1, 0.15) is 5.69 Å². The maximum Gasteiger partial charge on any atom is 0.247 e. The van der Waals surface area contributed by atoms with Crippen molar-refractivity contribution in [1.82, 2.24) is 14.8 Å². The molecule has 5 nitrogen and oxygen atoms in total. The van der Waals surface area contributed by atoms with Gasteiger partial charge in [0.2, 0.25) is 5.91 Å². The van der Waals surface area contributed by atoms with Crippen LogP contribution in [0.4, 0.5) is 5.82 Å². The number of amides is 1. The van der Waals surface area contributed by atoms with E-state index in [0.717, 1.165) is 10.2 Å². The molecule has 6 heteroatoms. The van der Waals surface area contributed by atoms with Gasteiger partial charge in [-0.1, -0.05) is 0 Å². The number of carbonyl (C=O) groups excluding carboxylic acids is 1. The second-order valence-corrected chi connectivity index (χ2v) is 4.46. The van der Waals surface area contributed by atoms with Crippen LogP contribution in [0.25, 0.3) is 0 Å². The first-order valence-electron chi connectivity index (χ1n) is 5.05. The van der Waals surface area contributed by atoms with Crippen LogP contribution in [0, 0.1) is 6.92 Å². The third-order valence-corrected chi connectivity index (χ3v) is 2.69. The van der Waals surface area contributed by atoms with Crippen molar-refractivity contribution < 1.29 is 4.79 Å². The van der Waals surface area contributed by atoms with Gasteiger partial charge in [0.1, 0.15) is 12.4 Å². The SMILES string of the molecule is Cc1ccnn1CC(=O)Nc1ccc(Br)cn1. The second kappa shape index (κ2) is 5.09. The molecule has 0 aliphatic carbocycles. The number of anilines is 1. The van der Waals surface area contributed by atoms with Gasteiger partial charge in [0.05, 0.1) is 0 Å². The Hall–Kier alpha value is -1.69. The molecular formula is C11H11BrN4O. The summed E-state index contributed by atoms with van der Waals surface area (Å²) in [6.07, 6.45) is 3.30. The quantitative estimate of drug-likeness (QED) is 0.942. The highest BCUT2D eigenvalue weighted by Crippen LogP contribution is 2.10. The third-order valence-electron chi connectivity index (χ3n) is 2.22. The van der Waals surface area contributed by atoms with Gasteiger partial charge >= 0.3 is 0 Å². The fourth-order valence-electron chi connectivity index (χ4n) is 1.33. The van der Waals surface area contributed by atoms with Crippen LogP contribution in [0.15, 0.2) is 35.1 Å². The zero-order valence-electron chi connectivity index (χ0n) is 9.22. The van der Waals surface area contributed by atoms with Crippen molar-refractivity contribution in [2.45, 2.75) is 13.5 Å². The zero-order chi connectivity index (χ0) is 12.3. The Kier molecular flexibility index (Phi) is 3.53. The van der Waals surface area contributed by atoms with Crippen LogP contribution in [0.3, 0.4) is 0 Å². The van der Waals surface area contributed by atoms with Crippen LogP contribution < -0.4 is 5.32 Å². The third kappa shape index (κ3) is 3.13. The number of aromatic nitrogens is 3. The summed E-state index contributed by atoms with van der Waals surface area (Å²) in [7, 11) is 0. The normalized spacial score (nSPS) is 10.2. The Bertz CT molecular complexity index is 521. The van der Waals surface area contributed by atoms with E-state index < -0.39 is 0 Å². The second-order valence-electron chi connectivity index (χ2n) is 3.54. The molecule has 17 heavy (non-hydrogen) atoms. The van der Waals surface area contributed by atoms with Crippen molar-refractivity contribution in [3.63, 3.8) is 0 Å². The minimum Gasteiger partial charge on any atom is -0.309 e. The van der Waals surface area contributed by atoms with Gasteiger partial charge < -0.3 is 5.32 Å². The molecule has 0 aromatic carbocycles. The molecule has 0 aliphatic heterocycles. The van der Waals surface area contributed by atoms with Gasteiger partial charge in [-0.2, -0.15) is 5.10 Å². The van der Waals surface area contributed by atoms with Crippen molar-refractivity contribution >= 4 is 27.7 Å². The predicted octanol–water partition coefficient (Wildman–Crippen LogP) is 1.99. The van der Waals surface area contributed by atoms with E-state index in [2.05, 4.69) is 31.3 Å². The van der Waals surface area contributed by atoms with Crippen LogP contribution in [-0.4, -0.2) is 20.7 Å². The van der Waals surface area contributed by atoms with E-state index in [9.17, 15) is 4.79 Å².